The summed E-state index contributed by atoms with van der Waals surface area (Å²) in [6, 6.07) is 7.38. The van der Waals surface area contributed by atoms with Gasteiger partial charge in [-0.15, -0.1) is 0 Å². The largest absolute Gasteiger partial charge is 0.463 e. The lowest BCUT2D eigenvalue weighted by Gasteiger charge is -2.41. The minimum Gasteiger partial charge on any atom is -0.463 e. The van der Waals surface area contributed by atoms with Crippen molar-refractivity contribution in [3.05, 3.63) is 35.9 Å². The number of carbonyl (C=O) groups excluding carboxylic acids is 2. The second-order valence-corrected chi connectivity index (χ2v) is 6.19. The molecule has 0 aliphatic carbocycles. The maximum absolute atomic E-state index is 14.0. The third-order valence-corrected chi connectivity index (χ3v) is 4.17. The van der Waals surface area contributed by atoms with Gasteiger partial charge in [-0.05, 0) is 26.1 Å². The Morgan fingerprint density at radius 1 is 1.11 bits per heavy atom. The number of nitrogens with zero attached hydrogens (tertiary/aromatic N) is 2. The topological polar surface area (TPSA) is 73.9 Å². The van der Waals surface area contributed by atoms with E-state index < -0.39 is 23.7 Å². The van der Waals surface area contributed by atoms with E-state index in [1.54, 1.807) is 6.07 Å². The molecule has 0 spiro atoms. The van der Waals surface area contributed by atoms with Crippen molar-refractivity contribution in [2.24, 2.45) is 0 Å². The van der Waals surface area contributed by atoms with Gasteiger partial charge in [0.05, 0.1) is 6.61 Å². The van der Waals surface area contributed by atoms with Crippen LogP contribution in [0.25, 0.3) is 0 Å². The van der Waals surface area contributed by atoms with E-state index in [4.69, 9.17) is 0 Å². The predicted octanol–water partition coefficient (Wildman–Crippen LogP) is 0.990. The molecule has 2 rings (SSSR count). The Labute approximate surface area is 155 Å². The number of likely N-dealkylation sites (N-methyl/N-ethyl adjacent to an activating group) is 1. The fourth-order valence-electron chi connectivity index (χ4n) is 2.60. The maximum Gasteiger partial charge on any atom is 0.437 e. The summed E-state index contributed by atoms with van der Waals surface area (Å²) in [6.45, 7) is 2.65. The molecule has 2 N–H and O–H groups in total. The molecule has 0 unspecified atom stereocenters. The van der Waals surface area contributed by atoms with Gasteiger partial charge in [0.2, 0.25) is 0 Å². The monoisotopic (exact) mass is 388 g/mol. The first-order valence-corrected chi connectivity index (χ1v) is 8.52. The number of amides is 1. The van der Waals surface area contributed by atoms with Crippen molar-refractivity contribution in [3.8, 4) is 0 Å². The highest BCUT2D eigenvalue weighted by molar-refractivity contribution is 5.98. The zero-order valence-electron chi connectivity index (χ0n) is 15.2. The minimum absolute atomic E-state index is 0.00407. The van der Waals surface area contributed by atoms with Gasteiger partial charge in [-0.25, -0.2) is 15.2 Å². The second kappa shape index (κ2) is 8.68. The Morgan fingerprint density at radius 2 is 1.70 bits per heavy atom. The highest BCUT2D eigenvalue weighted by Crippen LogP contribution is 2.31. The minimum atomic E-state index is -5.13. The zero-order chi connectivity index (χ0) is 20.1. The second-order valence-electron chi connectivity index (χ2n) is 6.19. The van der Waals surface area contributed by atoms with Crippen LogP contribution in [-0.4, -0.2) is 73.5 Å². The van der Waals surface area contributed by atoms with Crippen molar-refractivity contribution in [1.82, 2.24) is 20.7 Å². The molecule has 7 nitrogen and oxygen atoms in total. The summed E-state index contributed by atoms with van der Waals surface area (Å²) < 4.78 is 46.8. The normalized spacial score (nSPS) is 18.6. The molecule has 1 fully saturated rings. The van der Waals surface area contributed by atoms with Gasteiger partial charge in [-0.2, -0.15) is 13.2 Å². The number of alkyl halides is 3. The molecular weight excluding hydrogens is 365 g/mol. The number of hydrazine groups is 1. The highest BCUT2D eigenvalue weighted by Gasteiger charge is 2.64. The number of esters is 1. The Morgan fingerprint density at radius 3 is 2.22 bits per heavy atom. The van der Waals surface area contributed by atoms with Crippen LogP contribution in [0.5, 0.6) is 0 Å². The molecule has 1 aromatic rings. The number of ether oxygens (including phenoxy) is 1. The number of nitrogens with one attached hydrogen (secondary N) is 2. The van der Waals surface area contributed by atoms with Crippen LogP contribution in [0.15, 0.2) is 30.3 Å². The number of carbonyl (C=O) groups is 2. The summed E-state index contributed by atoms with van der Waals surface area (Å²) in [4.78, 5) is 26.7. The molecule has 150 valence electrons. The Kier molecular flexibility index (Phi) is 6.79. The molecular formula is C17H23F3N4O3. The van der Waals surface area contributed by atoms with Gasteiger partial charge in [0.1, 0.15) is 0 Å². The van der Waals surface area contributed by atoms with Crippen molar-refractivity contribution in [3.63, 3.8) is 0 Å². The van der Waals surface area contributed by atoms with Crippen LogP contribution in [-0.2, 0) is 9.53 Å². The van der Waals surface area contributed by atoms with Crippen molar-refractivity contribution in [2.45, 2.75) is 18.8 Å². The zero-order valence-corrected chi connectivity index (χ0v) is 15.2. The Bertz CT molecular complexity index is 649. The quantitative estimate of drug-likeness (QED) is 0.559. The predicted molar refractivity (Wildman–Crippen MR) is 91.5 cm³/mol. The van der Waals surface area contributed by atoms with Crippen LogP contribution in [0, 0.1) is 0 Å². The molecule has 1 atom stereocenters. The number of halogens is 3. The van der Waals surface area contributed by atoms with Crippen LogP contribution >= 0.6 is 0 Å². The van der Waals surface area contributed by atoms with Crippen molar-refractivity contribution in [2.75, 3.05) is 39.8 Å². The smallest absolute Gasteiger partial charge is 0.437 e. The lowest BCUT2D eigenvalue weighted by atomic mass is 10.1. The molecule has 10 heteroatoms. The first-order chi connectivity index (χ1) is 12.7. The van der Waals surface area contributed by atoms with Gasteiger partial charge < -0.3 is 15.0 Å². The number of hydrogen-bond donors (Lipinski definition) is 2. The van der Waals surface area contributed by atoms with Gasteiger partial charge in [0.15, 0.2) is 0 Å². The van der Waals surface area contributed by atoms with E-state index in [0.717, 1.165) is 0 Å². The van der Waals surface area contributed by atoms with E-state index >= 15 is 0 Å². The van der Waals surface area contributed by atoms with Gasteiger partial charge in [-0.1, -0.05) is 18.2 Å². The van der Waals surface area contributed by atoms with Gasteiger partial charge in [0, 0.05) is 31.7 Å². The van der Waals surface area contributed by atoms with E-state index in [1.165, 1.54) is 36.2 Å². The first-order valence-electron chi connectivity index (χ1n) is 8.52. The van der Waals surface area contributed by atoms with E-state index in [9.17, 15) is 22.8 Å². The van der Waals surface area contributed by atoms with Crippen molar-refractivity contribution >= 4 is 11.9 Å². The van der Waals surface area contributed by atoms with E-state index in [1.807, 2.05) is 17.3 Å². The summed E-state index contributed by atoms with van der Waals surface area (Å²) in [5, 5.41) is 3.10. The fourth-order valence-corrected chi connectivity index (χ4v) is 2.60. The average molecular weight is 388 g/mol. The SMILES string of the molecule is CCOC(=O)[C@@](NC(=O)c1ccccc1)(NN1CCN(C)CC1)C(F)(F)F. The Hall–Kier alpha value is -2.17. The summed E-state index contributed by atoms with van der Waals surface area (Å²) in [5.41, 5.74) is -1.20. The highest BCUT2D eigenvalue weighted by atomic mass is 19.4. The standard InChI is InChI=1S/C17H23F3N4O3/c1-3-27-15(26)16(17(18,19)20,22-24-11-9-23(2)10-12-24)21-14(25)13-7-5-4-6-8-13/h4-8,22H,3,9-12H2,1-2H3,(H,21,25)/t16-/m1/s1. The third kappa shape index (κ3) is 4.96. The summed E-state index contributed by atoms with van der Waals surface area (Å²) in [5.74, 6) is -2.65. The first kappa shape index (κ1) is 21.1. The van der Waals surface area contributed by atoms with Crippen LogP contribution < -0.4 is 10.7 Å². The summed E-state index contributed by atoms with van der Waals surface area (Å²) in [6.07, 6.45) is -5.13. The average Bonchev–Trinajstić information content (AvgIpc) is 2.62. The van der Waals surface area contributed by atoms with Gasteiger partial charge in [0.25, 0.3) is 5.91 Å². The summed E-state index contributed by atoms with van der Waals surface area (Å²) in [7, 11) is 1.84. The van der Waals surface area contributed by atoms with E-state index in [2.05, 4.69) is 10.2 Å². The summed E-state index contributed by atoms with van der Waals surface area (Å²) >= 11 is 0. The van der Waals surface area contributed by atoms with Gasteiger partial charge >= 0.3 is 17.8 Å². The number of hydrogen-bond acceptors (Lipinski definition) is 6. The lowest BCUT2D eigenvalue weighted by Crippen LogP contribution is -2.76. The third-order valence-electron chi connectivity index (χ3n) is 4.17. The molecule has 1 amide bonds. The molecule has 27 heavy (non-hydrogen) atoms. The number of benzene rings is 1. The molecule has 1 aliphatic heterocycles. The molecule has 0 bridgehead atoms. The van der Waals surface area contributed by atoms with E-state index in [-0.39, 0.29) is 25.3 Å². The number of piperazine rings is 1. The molecule has 1 heterocycles. The Balaban J connectivity index is 2.35. The van der Waals surface area contributed by atoms with Crippen molar-refractivity contribution < 1.29 is 27.5 Å². The molecule has 0 aromatic heterocycles. The van der Waals surface area contributed by atoms with Gasteiger partial charge in [-0.3, -0.25) is 4.79 Å². The van der Waals surface area contributed by atoms with Crippen LogP contribution in [0.1, 0.15) is 17.3 Å². The fraction of sp³-hybridized carbons (Fsp3) is 0.529. The molecule has 0 radical (unpaired) electrons. The maximum atomic E-state index is 14.0. The molecule has 1 saturated heterocycles. The van der Waals surface area contributed by atoms with Crippen LogP contribution in [0.2, 0.25) is 0 Å². The lowest BCUT2D eigenvalue weighted by molar-refractivity contribution is -0.231. The number of rotatable bonds is 6. The molecule has 0 saturated carbocycles. The van der Waals surface area contributed by atoms with Crippen LogP contribution in [0.3, 0.4) is 0 Å². The molecule has 1 aliphatic rings. The van der Waals surface area contributed by atoms with Crippen molar-refractivity contribution in [1.29, 1.82) is 0 Å². The van der Waals surface area contributed by atoms with E-state index in [0.29, 0.717) is 13.1 Å². The molecule has 1 aromatic carbocycles. The van der Waals surface area contributed by atoms with Crippen LogP contribution in [0.4, 0.5) is 13.2 Å².